The highest BCUT2D eigenvalue weighted by atomic mass is 32.2. The molecule has 0 fully saturated rings. The van der Waals surface area contributed by atoms with Crippen molar-refractivity contribution in [3.05, 3.63) is 54.6 Å². The Kier molecular flexibility index (Phi) is 7.19. The van der Waals surface area contributed by atoms with Crippen LogP contribution in [0.25, 0.3) is 5.69 Å². The molecule has 0 bridgehead atoms. The molecule has 3 aromatic rings. The quantitative estimate of drug-likeness (QED) is 0.502. The van der Waals surface area contributed by atoms with E-state index in [0.717, 1.165) is 17.1 Å². The minimum Gasteiger partial charge on any atom is -0.494 e. The summed E-state index contributed by atoms with van der Waals surface area (Å²) >= 11 is 1.25. The molecule has 29 heavy (non-hydrogen) atoms. The molecule has 1 heterocycles. The molecule has 2 aromatic carbocycles. The van der Waals surface area contributed by atoms with Crippen molar-refractivity contribution >= 4 is 23.4 Å². The van der Waals surface area contributed by atoms with Gasteiger partial charge in [-0.3, -0.25) is 4.79 Å². The highest BCUT2D eigenvalue weighted by molar-refractivity contribution is 7.99. The summed E-state index contributed by atoms with van der Waals surface area (Å²) in [5, 5.41) is 21.2. The predicted octanol–water partition coefficient (Wildman–Crippen LogP) is 3.10. The Balaban J connectivity index is 1.71. The first kappa shape index (κ1) is 20.4. The first-order valence-electron chi connectivity index (χ1n) is 9.09. The second-order valence-electron chi connectivity index (χ2n) is 5.88. The molecule has 1 amide bonds. The fourth-order valence-corrected chi connectivity index (χ4v) is 3.42. The van der Waals surface area contributed by atoms with Crippen LogP contribution in [0.5, 0.6) is 5.75 Å². The Morgan fingerprint density at radius 2 is 1.97 bits per heavy atom. The van der Waals surface area contributed by atoms with Crippen molar-refractivity contribution in [2.75, 3.05) is 23.8 Å². The van der Waals surface area contributed by atoms with E-state index in [4.69, 9.17) is 10.00 Å². The van der Waals surface area contributed by atoms with Gasteiger partial charge >= 0.3 is 0 Å². The molecule has 0 aliphatic carbocycles. The van der Waals surface area contributed by atoms with Crippen LogP contribution in [0.1, 0.15) is 13.3 Å². The van der Waals surface area contributed by atoms with Gasteiger partial charge in [-0.25, -0.2) is 0 Å². The maximum Gasteiger partial charge on any atom is 0.237 e. The van der Waals surface area contributed by atoms with Crippen molar-refractivity contribution < 1.29 is 9.53 Å². The molecule has 0 N–H and O–H groups in total. The number of carbonyl (C=O) groups is 1. The maximum absolute atomic E-state index is 12.9. The minimum absolute atomic E-state index is 0.128. The second-order valence-corrected chi connectivity index (χ2v) is 6.82. The number of anilines is 1. The summed E-state index contributed by atoms with van der Waals surface area (Å²) in [6.07, 6.45) is 0.241. The van der Waals surface area contributed by atoms with Crippen LogP contribution in [-0.4, -0.2) is 45.0 Å². The van der Waals surface area contributed by atoms with Crippen molar-refractivity contribution in [1.29, 1.82) is 5.26 Å². The standard InChI is InChI=1S/C20H20N6O2S/c1-2-28-18-11-9-16(10-12-18)25(14-6-13-21)19(27)15-29-20-22-23-24-26(20)17-7-4-3-5-8-17/h3-5,7-12H,2,6,14-15H2,1H3. The molecule has 0 aliphatic rings. The van der Waals surface area contributed by atoms with Crippen molar-refractivity contribution in [1.82, 2.24) is 20.2 Å². The number of carbonyl (C=O) groups excluding carboxylic acids is 1. The average Bonchev–Trinajstić information content (AvgIpc) is 3.23. The Labute approximate surface area is 173 Å². The summed E-state index contributed by atoms with van der Waals surface area (Å²) in [4.78, 5) is 14.5. The molecule has 148 valence electrons. The first-order valence-corrected chi connectivity index (χ1v) is 10.1. The van der Waals surface area contributed by atoms with E-state index in [1.807, 2.05) is 61.5 Å². The lowest BCUT2D eigenvalue weighted by Crippen LogP contribution is -2.33. The molecular weight excluding hydrogens is 388 g/mol. The van der Waals surface area contributed by atoms with Gasteiger partial charge in [0.15, 0.2) is 0 Å². The molecule has 0 saturated carbocycles. The molecule has 0 saturated heterocycles. The van der Waals surface area contributed by atoms with Crippen LogP contribution in [0.3, 0.4) is 0 Å². The third-order valence-electron chi connectivity index (χ3n) is 3.97. The number of tetrazole rings is 1. The monoisotopic (exact) mass is 408 g/mol. The summed E-state index contributed by atoms with van der Waals surface area (Å²) < 4.78 is 7.04. The molecule has 0 unspecified atom stereocenters. The van der Waals surface area contributed by atoms with E-state index in [1.54, 1.807) is 9.58 Å². The van der Waals surface area contributed by atoms with E-state index in [-0.39, 0.29) is 18.1 Å². The lowest BCUT2D eigenvalue weighted by atomic mass is 10.2. The van der Waals surface area contributed by atoms with E-state index < -0.39 is 0 Å². The first-order chi connectivity index (χ1) is 14.2. The molecule has 1 aromatic heterocycles. The maximum atomic E-state index is 12.9. The zero-order valence-corrected chi connectivity index (χ0v) is 16.7. The van der Waals surface area contributed by atoms with Crippen molar-refractivity contribution in [2.45, 2.75) is 18.5 Å². The number of para-hydroxylation sites is 1. The number of thioether (sulfide) groups is 1. The van der Waals surface area contributed by atoms with E-state index >= 15 is 0 Å². The summed E-state index contributed by atoms with van der Waals surface area (Å²) in [6.45, 7) is 2.80. The Bertz CT molecular complexity index is 969. The number of benzene rings is 2. The van der Waals surface area contributed by atoms with Gasteiger partial charge in [-0.15, -0.1) is 5.10 Å². The van der Waals surface area contributed by atoms with E-state index in [0.29, 0.717) is 18.3 Å². The number of ether oxygens (including phenoxy) is 1. The van der Waals surface area contributed by atoms with Gasteiger partial charge in [-0.1, -0.05) is 30.0 Å². The van der Waals surface area contributed by atoms with E-state index in [2.05, 4.69) is 21.6 Å². The molecule has 0 aliphatic heterocycles. The summed E-state index contributed by atoms with van der Waals surface area (Å²) in [5.41, 5.74) is 1.54. The molecule has 0 spiro atoms. The van der Waals surface area contributed by atoms with Gasteiger partial charge in [0, 0.05) is 12.2 Å². The number of hydrogen-bond acceptors (Lipinski definition) is 7. The number of rotatable bonds is 9. The topological polar surface area (TPSA) is 96.9 Å². The largest absolute Gasteiger partial charge is 0.494 e. The van der Waals surface area contributed by atoms with Gasteiger partial charge in [-0.05, 0) is 53.7 Å². The lowest BCUT2D eigenvalue weighted by molar-refractivity contribution is -0.116. The molecule has 9 heteroatoms. The normalized spacial score (nSPS) is 10.3. The Morgan fingerprint density at radius 1 is 1.21 bits per heavy atom. The van der Waals surface area contributed by atoms with Gasteiger partial charge in [-0.2, -0.15) is 9.94 Å². The molecule has 3 rings (SSSR count). The van der Waals surface area contributed by atoms with Crippen LogP contribution in [-0.2, 0) is 4.79 Å². The van der Waals surface area contributed by atoms with E-state index in [9.17, 15) is 4.79 Å². The summed E-state index contributed by atoms with van der Waals surface area (Å²) in [5.74, 6) is 0.753. The fraction of sp³-hybridized carbons (Fsp3) is 0.250. The van der Waals surface area contributed by atoms with Gasteiger partial charge in [0.2, 0.25) is 11.1 Å². The van der Waals surface area contributed by atoms with Crippen LogP contribution in [0, 0.1) is 11.3 Å². The van der Waals surface area contributed by atoms with Crippen LogP contribution >= 0.6 is 11.8 Å². The Morgan fingerprint density at radius 3 is 2.66 bits per heavy atom. The third-order valence-corrected chi connectivity index (χ3v) is 4.88. The number of hydrogen-bond donors (Lipinski definition) is 0. The molecule has 0 atom stereocenters. The van der Waals surface area contributed by atoms with Crippen LogP contribution in [0.2, 0.25) is 0 Å². The zero-order valence-electron chi connectivity index (χ0n) is 15.9. The smallest absolute Gasteiger partial charge is 0.237 e. The lowest BCUT2D eigenvalue weighted by Gasteiger charge is -2.22. The number of nitriles is 1. The third kappa shape index (κ3) is 5.33. The number of nitrogens with zero attached hydrogens (tertiary/aromatic N) is 6. The van der Waals surface area contributed by atoms with Crippen LogP contribution in [0.15, 0.2) is 59.8 Å². The molecular formula is C20H20N6O2S. The SMILES string of the molecule is CCOc1ccc(N(CCC#N)C(=O)CSc2nnnn2-c2ccccc2)cc1. The summed E-state index contributed by atoms with van der Waals surface area (Å²) in [6, 6.07) is 18.8. The highest BCUT2D eigenvalue weighted by Crippen LogP contribution is 2.23. The highest BCUT2D eigenvalue weighted by Gasteiger charge is 2.18. The van der Waals surface area contributed by atoms with E-state index in [1.165, 1.54) is 11.8 Å². The van der Waals surface area contributed by atoms with Gasteiger partial charge < -0.3 is 9.64 Å². The second kappa shape index (κ2) is 10.2. The minimum atomic E-state index is -0.128. The molecule has 8 nitrogen and oxygen atoms in total. The van der Waals surface area contributed by atoms with Gasteiger partial charge in [0.1, 0.15) is 5.75 Å². The number of amides is 1. The van der Waals surface area contributed by atoms with Crippen molar-refractivity contribution in [2.24, 2.45) is 0 Å². The van der Waals surface area contributed by atoms with Crippen molar-refractivity contribution in [3.8, 4) is 17.5 Å². The fourth-order valence-electron chi connectivity index (χ4n) is 2.65. The average molecular weight is 408 g/mol. The Hall–Kier alpha value is -3.38. The van der Waals surface area contributed by atoms with Crippen molar-refractivity contribution in [3.63, 3.8) is 0 Å². The molecule has 0 radical (unpaired) electrons. The van der Waals surface area contributed by atoms with Crippen LogP contribution in [0.4, 0.5) is 5.69 Å². The zero-order chi connectivity index (χ0) is 20.5. The van der Waals surface area contributed by atoms with Gasteiger partial charge in [0.05, 0.1) is 30.5 Å². The predicted molar refractivity (Wildman–Crippen MR) is 110 cm³/mol. The summed E-state index contributed by atoms with van der Waals surface area (Å²) in [7, 11) is 0. The van der Waals surface area contributed by atoms with Crippen LogP contribution < -0.4 is 9.64 Å². The van der Waals surface area contributed by atoms with Gasteiger partial charge in [0.25, 0.3) is 0 Å². The number of aromatic nitrogens is 4.